The highest BCUT2D eigenvalue weighted by atomic mass is 16.5. The Balaban J connectivity index is 1.97. The van der Waals surface area contributed by atoms with Crippen LogP contribution in [-0.4, -0.2) is 22.1 Å². The summed E-state index contributed by atoms with van der Waals surface area (Å²) in [7, 11) is 0. The van der Waals surface area contributed by atoms with Crippen LogP contribution in [-0.2, 0) is 9.53 Å². The Bertz CT molecular complexity index is 1080. The number of rotatable bonds is 4. The van der Waals surface area contributed by atoms with Gasteiger partial charge in [0.15, 0.2) is 0 Å². The van der Waals surface area contributed by atoms with E-state index in [9.17, 15) is 4.79 Å². The number of hydrogen-bond acceptors (Lipinski definition) is 4. The molecule has 1 N–H and O–H groups in total. The van der Waals surface area contributed by atoms with E-state index < -0.39 is 0 Å². The first-order chi connectivity index (χ1) is 13.1. The van der Waals surface area contributed by atoms with Gasteiger partial charge >= 0.3 is 5.97 Å². The van der Waals surface area contributed by atoms with Gasteiger partial charge in [-0.05, 0) is 37.1 Å². The van der Waals surface area contributed by atoms with Gasteiger partial charge in [-0.3, -0.25) is 4.57 Å². The Morgan fingerprint density at radius 3 is 2.74 bits per heavy atom. The van der Waals surface area contributed by atoms with Gasteiger partial charge in [0.1, 0.15) is 6.61 Å². The van der Waals surface area contributed by atoms with Crippen molar-refractivity contribution in [3.63, 3.8) is 0 Å². The van der Waals surface area contributed by atoms with Gasteiger partial charge in [-0.2, -0.15) is 0 Å². The number of carbonyl (C=O) groups is 1. The second-order valence-electron chi connectivity index (χ2n) is 6.60. The number of ether oxygens (including phenoxy) is 1. The molecular weight excluding hydrogens is 338 g/mol. The van der Waals surface area contributed by atoms with E-state index in [0.29, 0.717) is 5.57 Å². The lowest BCUT2D eigenvalue weighted by Crippen LogP contribution is -2.29. The van der Waals surface area contributed by atoms with E-state index in [4.69, 9.17) is 9.72 Å². The standard InChI is InChI=1S/C22H21N3O2/c1-4-13-27-21(26)19-15(3)23-22-24-17-11-7-8-12-18(17)25(22)20(19)16-10-6-5-9-14(16)2/h4-12,20H,1,13H2,2-3H3,(H,23,24). The Morgan fingerprint density at radius 1 is 1.22 bits per heavy atom. The highest BCUT2D eigenvalue weighted by molar-refractivity contribution is 5.94. The predicted octanol–water partition coefficient (Wildman–Crippen LogP) is 4.36. The van der Waals surface area contributed by atoms with Crippen molar-refractivity contribution in [2.24, 2.45) is 0 Å². The topological polar surface area (TPSA) is 56.1 Å². The number of benzene rings is 2. The Morgan fingerprint density at radius 2 is 1.96 bits per heavy atom. The molecule has 4 rings (SSSR count). The molecular formula is C22H21N3O2. The van der Waals surface area contributed by atoms with E-state index in [1.807, 2.05) is 43.3 Å². The molecule has 136 valence electrons. The Labute approximate surface area is 158 Å². The van der Waals surface area contributed by atoms with Gasteiger partial charge in [-0.25, -0.2) is 9.78 Å². The minimum absolute atomic E-state index is 0.174. The summed E-state index contributed by atoms with van der Waals surface area (Å²) in [5, 5.41) is 3.28. The highest BCUT2D eigenvalue weighted by Gasteiger charge is 2.35. The van der Waals surface area contributed by atoms with Crippen LogP contribution in [0.2, 0.25) is 0 Å². The third-order valence-corrected chi connectivity index (χ3v) is 4.87. The number of aryl methyl sites for hydroxylation is 1. The summed E-state index contributed by atoms with van der Waals surface area (Å²) >= 11 is 0. The predicted molar refractivity (Wildman–Crippen MR) is 107 cm³/mol. The van der Waals surface area contributed by atoms with E-state index in [1.165, 1.54) is 0 Å². The van der Waals surface area contributed by atoms with Crippen LogP contribution in [0.15, 0.2) is 72.5 Å². The largest absolute Gasteiger partial charge is 0.458 e. The number of carbonyl (C=O) groups excluding carboxylic acids is 1. The molecule has 2 heterocycles. The zero-order valence-electron chi connectivity index (χ0n) is 15.4. The van der Waals surface area contributed by atoms with Crippen molar-refractivity contribution in [3.05, 3.63) is 83.6 Å². The number of allylic oxidation sites excluding steroid dienone is 1. The second-order valence-corrected chi connectivity index (χ2v) is 6.60. The van der Waals surface area contributed by atoms with Crippen LogP contribution >= 0.6 is 0 Å². The van der Waals surface area contributed by atoms with Gasteiger partial charge in [0.25, 0.3) is 0 Å². The van der Waals surface area contributed by atoms with E-state index in [0.717, 1.165) is 33.8 Å². The first-order valence-electron chi connectivity index (χ1n) is 8.90. The molecule has 0 bridgehead atoms. The summed E-state index contributed by atoms with van der Waals surface area (Å²) < 4.78 is 7.49. The number of para-hydroxylation sites is 2. The average molecular weight is 359 g/mol. The van der Waals surface area contributed by atoms with Crippen molar-refractivity contribution in [2.75, 3.05) is 11.9 Å². The number of aromatic nitrogens is 2. The molecule has 0 spiro atoms. The first-order valence-corrected chi connectivity index (χ1v) is 8.90. The van der Waals surface area contributed by atoms with Gasteiger partial charge in [0, 0.05) is 5.70 Å². The lowest BCUT2D eigenvalue weighted by Gasteiger charge is -2.31. The summed E-state index contributed by atoms with van der Waals surface area (Å²) in [6.07, 6.45) is 1.57. The van der Waals surface area contributed by atoms with Crippen molar-refractivity contribution in [3.8, 4) is 0 Å². The molecule has 5 nitrogen and oxygen atoms in total. The third-order valence-electron chi connectivity index (χ3n) is 4.87. The minimum Gasteiger partial charge on any atom is -0.458 e. The number of nitrogens with zero attached hydrogens (tertiary/aromatic N) is 2. The Hall–Kier alpha value is -3.34. The fraction of sp³-hybridized carbons (Fsp3) is 0.182. The molecule has 0 saturated heterocycles. The second kappa shape index (κ2) is 6.76. The SMILES string of the molecule is C=CCOC(=O)C1=C(C)Nc2nc3ccccc3n2C1c1ccccc1C. The van der Waals surface area contributed by atoms with E-state index >= 15 is 0 Å². The fourth-order valence-corrected chi connectivity index (χ4v) is 3.63. The fourth-order valence-electron chi connectivity index (χ4n) is 3.63. The zero-order chi connectivity index (χ0) is 19.0. The lowest BCUT2D eigenvalue weighted by molar-refractivity contribution is -0.138. The van der Waals surface area contributed by atoms with E-state index in [1.54, 1.807) is 6.08 Å². The number of nitrogens with one attached hydrogen (secondary N) is 1. The summed E-state index contributed by atoms with van der Waals surface area (Å²) in [6, 6.07) is 15.7. The smallest absolute Gasteiger partial charge is 0.338 e. The van der Waals surface area contributed by atoms with Crippen LogP contribution in [0.25, 0.3) is 11.0 Å². The number of fused-ring (bicyclic) bond motifs is 3. The van der Waals surface area contributed by atoms with Gasteiger partial charge in [0.2, 0.25) is 5.95 Å². The van der Waals surface area contributed by atoms with Crippen molar-refractivity contribution in [1.82, 2.24) is 9.55 Å². The van der Waals surface area contributed by atoms with Crippen LogP contribution in [0.1, 0.15) is 24.1 Å². The monoisotopic (exact) mass is 359 g/mol. The van der Waals surface area contributed by atoms with Crippen LogP contribution in [0.4, 0.5) is 5.95 Å². The van der Waals surface area contributed by atoms with Crippen molar-refractivity contribution in [1.29, 1.82) is 0 Å². The highest BCUT2D eigenvalue weighted by Crippen LogP contribution is 2.40. The number of imidazole rings is 1. The number of anilines is 1. The third kappa shape index (κ3) is 2.81. The molecule has 1 aromatic heterocycles. The average Bonchev–Trinajstić information content (AvgIpc) is 3.03. The van der Waals surface area contributed by atoms with Gasteiger partial charge in [-0.1, -0.05) is 49.1 Å². The van der Waals surface area contributed by atoms with Crippen LogP contribution in [0.5, 0.6) is 0 Å². The molecule has 0 saturated carbocycles. The molecule has 0 aliphatic carbocycles. The van der Waals surface area contributed by atoms with Gasteiger partial charge < -0.3 is 10.1 Å². The van der Waals surface area contributed by atoms with Gasteiger partial charge in [-0.15, -0.1) is 0 Å². The zero-order valence-corrected chi connectivity index (χ0v) is 15.4. The molecule has 1 aliphatic heterocycles. The maximum atomic E-state index is 12.9. The van der Waals surface area contributed by atoms with Crippen LogP contribution in [0.3, 0.4) is 0 Å². The summed E-state index contributed by atoms with van der Waals surface area (Å²) in [5.41, 5.74) is 5.34. The summed E-state index contributed by atoms with van der Waals surface area (Å²) in [5.74, 6) is 0.374. The molecule has 3 aromatic rings. The minimum atomic E-state index is -0.350. The molecule has 1 unspecified atom stereocenters. The summed E-state index contributed by atoms with van der Waals surface area (Å²) in [4.78, 5) is 17.6. The lowest BCUT2D eigenvalue weighted by atomic mass is 9.92. The van der Waals surface area contributed by atoms with Crippen molar-refractivity contribution >= 4 is 23.0 Å². The molecule has 2 aromatic carbocycles. The normalized spacial score (nSPS) is 16.0. The van der Waals surface area contributed by atoms with Gasteiger partial charge in [0.05, 0.1) is 22.6 Å². The molecule has 5 heteroatoms. The van der Waals surface area contributed by atoms with Crippen molar-refractivity contribution < 1.29 is 9.53 Å². The van der Waals surface area contributed by atoms with E-state index in [2.05, 4.69) is 35.5 Å². The first kappa shape index (κ1) is 17.1. The molecule has 0 amide bonds. The maximum Gasteiger partial charge on any atom is 0.338 e. The molecule has 27 heavy (non-hydrogen) atoms. The number of esters is 1. The maximum absolute atomic E-state index is 12.9. The van der Waals surface area contributed by atoms with Crippen molar-refractivity contribution in [2.45, 2.75) is 19.9 Å². The molecule has 1 atom stereocenters. The summed E-state index contributed by atoms with van der Waals surface area (Å²) in [6.45, 7) is 7.75. The molecule has 1 aliphatic rings. The molecule has 0 fully saturated rings. The van der Waals surface area contributed by atoms with Crippen LogP contribution in [0, 0.1) is 6.92 Å². The number of hydrogen-bond donors (Lipinski definition) is 1. The van der Waals surface area contributed by atoms with Crippen LogP contribution < -0.4 is 5.32 Å². The Kier molecular flexibility index (Phi) is 4.28. The van der Waals surface area contributed by atoms with E-state index in [-0.39, 0.29) is 18.6 Å². The quantitative estimate of drug-likeness (QED) is 0.555. The molecule has 0 radical (unpaired) electrons.